The molecule has 0 fully saturated rings. The quantitative estimate of drug-likeness (QED) is 0.559. The second-order valence-corrected chi connectivity index (χ2v) is 8.73. The third-order valence-corrected chi connectivity index (χ3v) is 5.50. The first kappa shape index (κ1) is 14.8. The summed E-state index contributed by atoms with van der Waals surface area (Å²) in [6.45, 7) is 2.76. The smallest absolute Gasteiger partial charge is 0.790 e. The number of nitrogens with zero attached hydrogens (tertiary/aromatic N) is 1. The molecule has 1 aliphatic heterocycles. The van der Waals surface area contributed by atoms with Crippen molar-refractivity contribution in [2.75, 3.05) is 12.3 Å². The Morgan fingerprint density at radius 2 is 2.31 bits per heavy atom. The van der Waals surface area contributed by atoms with Gasteiger partial charge in [0.05, 0.1) is 5.04 Å². The van der Waals surface area contributed by atoms with Crippen LogP contribution in [0.25, 0.3) is 0 Å². The van der Waals surface area contributed by atoms with Crippen LogP contribution in [0, 0.1) is 0 Å². The van der Waals surface area contributed by atoms with Crippen LogP contribution >= 0.6 is 11.8 Å². The van der Waals surface area contributed by atoms with Crippen LogP contribution in [0.4, 0.5) is 0 Å². The zero-order valence-electron chi connectivity index (χ0n) is 7.69. The molecule has 0 amide bonds. The standard InChI is InChI=1S/C6H11NOS4.Na/c1-2-5(12(8,9)10)6-7-3-4-11-6;/h5H,2-4H2,1H3,(H,8,9,10);/q;+1/p-1. The minimum Gasteiger partial charge on any atom is -0.790 e. The molecule has 1 atom stereocenters. The van der Waals surface area contributed by atoms with Gasteiger partial charge in [-0.15, -0.1) is 11.8 Å². The Bertz CT molecular complexity index is 287. The molecule has 0 aromatic rings. The Balaban J connectivity index is 0.00000144. The summed E-state index contributed by atoms with van der Waals surface area (Å²) in [4.78, 5) is 4.24. The molecule has 0 spiro atoms. The fourth-order valence-electron chi connectivity index (χ4n) is 1.05. The maximum Gasteiger partial charge on any atom is 1.00 e. The number of hydrogen-bond acceptors (Lipinski definition) is 5. The van der Waals surface area contributed by atoms with Crippen molar-refractivity contribution in [3.8, 4) is 0 Å². The molecule has 0 saturated heterocycles. The van der Waals surface area contributed by atoms with Crippen LogP contribution in [0.2, 0.25) is 0 Å². The van der Waals surface area contributed by atoms with Gasteiger partial charge in [-0.1, -0.05) is 29.3 Å². The SMILES string of the molecule is CCC(C1=NCCS1)S([O-])(=S)=S.[Na+]. The van der Waals surface area contributed by atoms with E-state index >= 15 is 0 Å². The molecular weight excluding hydrogens is 253 g/mol. The average molecular weight is 263 g/mol. The summed E-state index contributed by atoms with van der Waals surface area (Å²) in [5.74, 6) is 0.978. The number of rotatable bonds is 3. The molecule has 0 saturated carbocycles. The van der Waals surface area contributed by atoms with E-state index in [2.05, 4.69) is 4.99 Å². The molecule has 13 heavy (non-hydrogen) atoms. The van der Waals surface area contributed by atoms with E-state index < -0.39 is 7.43 Å². The molecular formula is C6H10NNaOS4. The monoisotopic (exact) mass is 263 g/mol. The van der Waals surface area contributed by atoms with Gasteiger partial charge < -0.3 is 4.55 Å². The van der Waals surface area contributed by atoms with E-state index in [1.54, 1.807) is 11.8 Å². The zero-order valence-corrected chi connectivity index (χ0v) is 13.0. The van der Waals surface area contributed by atoms with Gasteiger partial charge in [-0.25, -0.2) is 0 Å². The molecule has 1 heterocycles. The Labute approximate surface area is 115 Å². The number of hydrogen-bond donors (Lipinski definition) is 0. The van der Waals surface area contributed by atoms with E-state index in [-0.39, 0.29) is 34.8 Å². The van der Waals surface area contributed by atoms with Crippen LogP contribution in [0.3, 0.4) is 0 Å². The molecule has 7 heteroatoms. The van der Waals surface area contributed by atoms with E-state index in [0.29, 0.717) is 0 Å². The number of thioether (sulfide) groups is 1. The van der Waals surface area contributed by atoms with Crippen LogP contribution in [0.1, 0.15) is 13.3 Å². The van der Waals surface area contributed by atoms with Gasteiger partial charge >= 0.3 is 29.6 Å². The fourth-order valence-corrected chi connectivity index (χ4v) is 5.04. The van der Waals surface area contributed by atoms with Crippen LogP contribution < -0.4 is 29.6 Å². The summed E-state index contributed by atoms with van der Waals surface area (Å²) in [6.07, 6.45) is 0.734. The van der Waals surface area contributed by atoms with Gasteiger partial charge in [-0.05, 0) is 6.42 Å². The minimum absolute atomic E-state index is 0. The predicted octanol–water partition coefficient (Wildman–Crippen LogP) is -1.88. The van der Waals surface area contributed by atoms with Crippen molar-refractivity contribution in [1.82, 2.24) is 0 Å². The van der Waals surface area contributed by atoms with Crippen molar-refractivity contribution in [2.24, 2.45) is 4.99 Å². The van der Waals surface area contributed by atoms with Gasteiger partial charge in [0, 0.05) is 17.5 Å². The van der Waals surface area contributed by atoms with Gasteiger partial charge in [0.1, 0.15) is 0 Å². The first-order valence-corrected chi connectivity index (χ1v) is 8.13. The summed E-state index contributed by atoms with van der Waals surface area (Å²) < 4.78 is 11.4. The van der Waals surface area contributed by atoms with Crippen LogP contribution in [-0.2, 0) is 29.8 Å². The molecule has 1 aliphatic rings. The zero-order chi connectivity index (χ0) is 9.19. The molecule has 1 unspecified atom stereocenters. The summed E-state index contributed by atoms with van der Waals surface area (Å²) in [5.41, 5.74) is 0. The first-order chi connectivity index (χ1) is 5.55. The summed E-state index contributed by atoms with van der Waals surface area (Å²) >= 11 is 11.2. The molecule has 1 rings (SSSR count). The topological polar surface area (TPSA) is 35.4 Å². The Kier molecular flexibility index (Phi) is 7.24. The average Bonchev–Trinajstić information content (AvgIpc) is 2.38. The summed E-state index contributed by atoms with van der Waals surface area (Å²) in [5, 5.41) is 0.738. The van der Waals surface area contributed by atoms with Crippen molar-refractivity contribution >= 4 is 46.6 Å². The second-order valence-electron chi connectivity index (χ2n) is 2.46. The maximum absolute atomic E-state index is 11.4. The van der Waals surface area contributed by atoms with Crippen molar-refractivity contribution in [2.45, 2.75) is 18.6 Å². The Morgan fingerprint density at radius 3 is 2.62 bits per heavy atom. The maximum atomic E-state index is 11.4. The fraction of sp³-hybridized carbons (Fsp3) is 0.833. The van der Waals surface area contributed by atoms with Gasteiger partial charge in [0.2, 0.25) is 0 Å². The van der Waals surface area contributed by atoms with Gasteiger partial charge in [-0.3, -0.25) is 4.99 Å². The molecule has 0 bridgehead atoms. The number of aliphatic imine (C=N–C) groups is 1. The summed E-state index contributed by atoms with van der Waals surface area (Å²) in [7, 11) is -2.53. The van der Waals surface area contributed by atoms with E-state index in [1.807, 2.05) is 6.92 Å². The predicted molar refractivity (Wildman–Crippen MR) is 61.7 cm³/mol. The van der Waals surface area contributed by atoms with E-state index in [4.69, 9.17) is 22.4 Å². The second kappa shape index (κ2) is 6.37. The van der Waals surface area contributed by atoms with Crippen molar-refractivity contribution in [3.05, 3.63) is 0 Å². The normalized spacial score (nSPS) is 19.1. The molecule has 2 nitrogen and oxygen atoms in total. The third-order valence-electron chi connectivity index (χ3n) is 1.60. The van der Waals surface area contributed by atoms with E-state index in [0.717, 1.165) is 23.8 Å². The van der Waals surface area contributed by atoms with Crippen LogP contribution in [0.15, 0.2) is 4.99 Å². The summed E-state index contributed by atoms with van der Waals surface area (Å²) in [6, 6.07) is 0. The molecule has 70 valence electrons. The van der Waals surface area contributed by atoms with Gasteiger partial charge in [0.15, 0.2) is 0 Å². The van der Waals surface area contributed by atoms with E-state index in [1.165, 1.54) is 0 Å². The van der Waals surface area contributed by atoms with Crippen molar-refractivity contribution in [3.63, 3.8) is 0 Å². The molecule has 0 aliphatic carbocycles. The van der Waals surface area contributed by atoms with Gasteiger partial charge in [-0.2, -0.15) is 7.43 Å². The largest absolute Gasteiger partial charge is 1.00 e. The van der Waals surface area contributed by atoms with Gasteiger partial charge in [0.25, 0.3) is 0 Å². The molecule has 0 aromatic carbocycles. The Hall–Kier alpha value is 1.77. The molecule has 0 N–H and O–H groups in total. The molecule has 0 aromatic heterocycles. The molecule has 0 radical (unpaired) electrons. The van der Waals surface area contributed by atoms with Crippen molar-refractivity contribution < 1.29 is 34.1 Å². The third kappa shape index (κ3) is 4.42. The Morgan fingerprint density at radius 1 is 1.69 bits per heavy atom. The van der Waals surface area contributed by atoms with Crippen LogP contribution in [0.5, 0.6) is 0 Å². The first-order valence-electron chi connectivity index (χ1n) is 3.67. The van der Waals surface area contributed by atoms with E-state index in [9.17, 15) is 4.55 Å². The van der Waals surface area contributed by atoms with Crippen LogP contribution in [-0.4, -0.2) is 27.1 Å². The van der Waals surface area contributed by atoms with Crippen molar-refractivity contribution in [1.29, 1.82) is 0 Å². The minimum atomic E-state index is -2.53.